The molecule has 0 aromatic carbocycles. The molecule has 4 nitrogen and oxygen atoms in total. The molecule has 1 atom stereocenters. The molecule has 0 bridgehead atoms. The lowest BCUT2D eigenvalue weighted by Crippen LogP contribution is -2.16. The number of hydrogen-bond acceptors (Lipinski definition) is 3. The van der Waals surface area contributed by atoms with Crippen LogP contribution in [0.5, 0.6) is 0 Å². The summed E-state index contributed by atoms with van der Waals surface area (Å²) < 4.78 is 0. The molecular formula is C14H26N4. The molecule has 1 fully saturated rings. The zero-order valence-electron chi connectivity index (χ0n) is 11.7. The molecule has 1 aromatic rings. The van der Waals surface area contributed by atoms with E-state index in [1.165, 1.54) is 32.1 Å². The molecule has 3 N–H and O–H groups in total. The maximum atomic E-state index is 5.85. The van der Waals surface area contributed by atoms with Crippen LogP contribution in [0, 0.1) is 5.92 Å². The van der Waals surface area contributed by atoms with E-state index in [0.717, 1.165) is 18.1 Å². The molecule has 0 radical (unpaired) electrons. The standard InChI is InChI=1S/C14H26N4/c1-10(2)8-12(9-15)14-16-13(17-18-14)11-6-4-3-5-7-11/h10-12H,3-9,15H2,1-2H3,(H,16,17,18). The molecule has 0 amide bonds. The van der Waals surface area contributed by atoms with Gasteiger partial charge >= 0.3 is 0 Å². The van der Waals surface area contributed by atoms with Gasteiger partial charge in [0.2, 0.25) is 0 Å². The molecule has 2 rings (SSSR count). The van der Waals surface area contributed by atoms with E-state index < -0.39 is 0 Å². The van der Waals surface area contributed by atoms with Gasteiger partial charge in [-0.25, -0.2) is 4.98 Å². The highest BCUT2D eigenvalue weighted by Crippen LogP contribution is 2.31. The first-order valence-corrected chi connectivity index (χ1v) is 7.33. The van der Waals surface area contributed by atoms with Crippen molar-refractivity contribution in [2.45, 2.75) is 64.2 Å². The Kier molecular flexibility index (Phi) is 4.75. The van der Waals surface area contributed by atoms with Crippen LogP contribution < -0.4 is 5.73 Å². The zero-order valence-corrected chi connectivity index (χ0v) is 11.7. The van der Waals surface area contributed by atoms with E-state index in [9.17, 15) is 0 Å². The molecule has 1 aliphatic carbocycles. The quantitative estimate of drug-likeness (QED) is 0.844. The van der Waals surface area contributed by atoms with Crippen molar-refractivity contribution in [3.8, 4) is 0 Å². The van der Waals surface area contributed by atoms with Crippen molar-refractivity contribution >= 4 is 0 Å². The summed E-state index contributed by atoms with van der Waals surface area (Å²) in [4.78, 5) is 4.71. The van der Waals surface area contributed by atoms with Crippen molar-refractivity contribution in [3.05, 3.63) is 11.6 Å². The highest BCUT2D eigenvalue weighted by molar-refractivity contribution is 5.03. The lowest BCUT2D eigenvalue weighted by Gasteiger charge is -2.18. The summed E-state index contributed by atoms with van der Waals surface area (Å²) in [6, 6.07) is 0. The second-order valence-corrected chi connectivity index (χ2v) is 5.98. The first-order chi connectivity index (χ1) is 8.70. The van der Waals surface area contributed by atoms with E-state index in [1.807, 2.05) is 0 Å². The minimum Gasteiger partial charge on any atom is -0.330 e. The van der Waals surface area contributed by atoms with Gasteiger partial charge in [0.1, 0.15) is 5.82 Å². The normalized spacial score (nSPS) is 19.3. The average Bonchev–Trinajstić information content (AvgIpc) is 2.86. The Balaban J connectivity index is 2.03. The number of aromatic amines is 1. The first-order valence-electron chi connectivity index (χ1n) is 7.33. The molecule has 102 valence electrons. The van der Waals surface area contributed by atoms with Gasteiger partial charge in [0.05, 0.1) is 0 Å². The summed E-state index contributed by atoms with van der Waals surface area (Å²) in [6.45, 7) is 5.08. The van der Waals surface area contributed by atoms with Crippen LogP contribution in [0.15, 0.2) is 0 Å². The van der Waals surface area contributed by atoms with Crippen molar-refractivity contribution in [2.75, 3.05) is 6.54 Å². The number of nitrogens with zero attached hydrogens (tertiary/aromatic N) is 2. The van der Waals surface area contributed by atoms with Crippen molar-refractivity contribution in [1.29, 1.82) is 0 Å². The molecule has 0 saturated heterocycles. The summed E-state index contributed by atoms with van der Waals surface area (Å²) >= 11 is 0. The molecule has 1 saturated carbocycles. The first kappa shape index (κ1) is 13.5. The number of nitrogens with one attached hydrogen (secondary N) is 1. The Bertz CT molecular complexity index is 352. The third-order valence-corrected chi connectivity index (χ3v) is 3.92. The predicted molar refractivity (Wildman–Crippen MR) is 73.5 cm³/mol. The molecule has 1 heterocycles. The molecule has 18 heavy (non-hydrogen) atoms. The molecule has 1 aliphatic rings. The summed E-state index contributed by atoms with van der Waals surface area (Å²) in [5.41, 5.74) is 5.85. The van der Waals surface area contributed by atoms with Crippen LogP contribution in [-0.2, 0) is 0 Å². The van der Waals surface area contributed by atoms with Crippen molar-refractivity contribution in [3.63, 3.8) is 0 Å². The predicted octanol–water partition coefficient (Wildman–Crippen LogP) is 2.94. The summed E-state index contributed by atoms with van der Waals surface area (Å²) in [6.07, 6.45) is 7.60. The Hall–Kier alpha value is -0.900. The molecule has 1 aromatic heterocycles. The highest BCUT2D eigenvalue weighted by Gasteiger charge is 2.22. The Morgan fingerprint density at radius 3 is 2.61 bits per heavy atom. The number of hydrogen-bond donors (Lipinski definition) is 2. The van der Waals surface area contributed by atoms with Crippen LogP contribution in [-0.4, -0.2) is 21.7 Å². The smallest absolute Gasteiger partial charge is 0.155 e. The van der Waals surface area contributed by atoms with Crippen molar-refractivity contribution in [1.82, 2.24) is 15.2 Å². The molecule has 0 aliphatic heterocycles. The van der Waals surface area contributed by atoms with Crippen LogP contribution in [0.3, 0.4) is 0 Å². The van der Waals surface area contributed by atoms with Gasteiger partial charge < -0.3 is 5.73 Å². The largest absolute Gasteiger partial charge is 0.330 e. The minimum absolute atomic E-state index is 0.304. The van der Waals surface area contributed by atoms with Crippen LogP contribution in [0.25, 0.3) is 0 Å². The van der Waals surface area contributed by atoms with Crippen LogP contribution in [0.4, 0.5) is 0 Å². The lowest BCUT2D eigenvalue weighted by molar-refractivity contribution is 0.428. The lowest BCUT2D eigenvalue weighted by atomic mass is 9.89. The fraction of sp³-hybridized carbons (Fsp3) is 0.857. The number of aromatic nitrogens is 3. The fourth-order valence-electron chi connectivity index (χ4n) is 2.91. The Morgan fingerprint density at radius 2 is 2.00 bits per heavy atom. The van der Waals surface area contributed by atoms with Crippen molar-refractivity contribution < 1.29 is 0 Å². The Morgan fingerprint density at radius 1 is 1.28 bits per heavy atom. The van der Waals surface area contributed by atoms with Gasteiger partial charge in [-0.1, -0.05) is 33.1 Å². The van der Waals surface area contributed by atoms with E-state index in [1.54, 1.807) is 0 Å². The monoisotopic (exact) mass is 250 g/mol. The third kappa shape index (κ3) is 3.31. The van der Waals surface area contributed by atoms with Gasteiger partial charge in [0.25, 0.3) is 0 Å². The van der Waals surface area contributed by atoms with E-state index >= 15 is 0 Å². The summed E-state index contributed by atoms with van der Waals surface area (Å²) in [5, 5.41) is 7.55. The molecule has 4 heteroatoms. The number of rotatable bonds is 5. The fourth-order valence-corrected chi connectivity index (χ4v) is 2.91. The second kappa shape index (κ2) is 6.32. The maximum Gasteiger partial charge on any atom is 0.155 e. The zero-order chi connectivity index (χ0) is 13.0. The summed E-state index contributed by atoms with van der Waals surface area (Å²) in [5.74, 6) is 3.55. The van der Waals surface area contributed by atoms with Crippen molar-refractivity contribution in [2.24, 2.45) is 11.7 Å². The maximum absolute atomic E-state index is 5.85. The SMILES string of the molecule is CC(C)CC(CN)c1n[nH]c(C2CCCCC2)n1. The minimum atomic E-state index is 0.304. The molecule has 0 spiro atoms. The number of H-pyrrole nitrogens is 1. The molecular weight excluding hydrogens is 224 g/mol. The van der Waals surface area contributed by atoms with E-state index in [2.05, 4.69) is 24.0 Å². The number of nitrogens with two attached hydrogens (primary N) is 1. The van der Waals surface area contributed by atoms with Gasteiger partial charge in [-0.05, 0) is 25.2 Å². The molecule has 1 unspecified atom stereocenters. The van der Waals surface area contributed by atoms with Gasteiger partial charge in [0.15, 0.2) is 5.82 Å². The van der Waals surface area contributed by atoms with Crippen LogP contribution in [0.2, 0.25) is 0 Å². The second-order valence-electron chi connectivity index (χ2n) is 5.98. The van der Waals surface area contributed by atoms with Gasteiger partial charge in [-0.3, -0.25) is 5.10 Å². The van der Waals surface area contributed by atoms with Crippen LogP contribution >= 0.6 is 0 Å². The van der Waals surface area contributed by atoms with E-state index in [0.29, 0.717) is 24.3 Å². The highest BCUT2D eigenvalue weighted by atomic mass is 15.2. The topological polar surface area (TPSA) is 67.6 Å². The Labute approximate surface area is 110 Å². The van der Waals surface area contributed by atoms with Gasteiger partial charge in [0, 0.05) is 18.4 Å². The average molecular weight is 250 g/mol. The third-order valence-electron chi connectivity index (χ3n) is 3.92. The van der Waals surface area contributed by atoms with Gasteiger partial charge in [-0.2, -0.15) is 5.10 Å². The summed E-state index contributed by atoms with van der Waals surface area (Å²) in [7, 11) is 0. The van der Waals surface area contributed by atoms with Crippen LogP contribution in [0.1, 0.15) is 75.9 Å². The van der Waals surface area contributed by atoms with E-state index in [4.69, 9.17) is 10.7 Å². The van der Waals surface area contributed by atoms with E-state index in [-0.39, 0.29) is 0 Å². The van der Waals surface area contributed by atoms with Gasteiger partial charge in [-0.15, -0.1) is 0 Å².